The smallest absolute Gasteiger partial charge is 0.222 e. The first kappa shape index (κ1) is 20.6. The van der Waals surface area contributed by atoms with Crippen LogP contribution in [0.2, 0.25) is 0 Å². The van der Waals surface area contributed by atoms with Crippen LogP contribution in [0, 0.1) is 10.8 Å². The summed E-state index contributed by atoms with van der Waals surface area (Å²) in [7, 11) is 0. The topological polar surface area (TPSA) is 81.8 Å². The summed E-state index contributed by atoms with van der Waals surface area (Å²) < 4.78 is 0. The summed E-state index contributed by atoms with van der Waals surface area (Å²) in [5.74, 6) is 0. The van der Waals surface area contributed by atoms with Crippen LogP contribution in [-0.2, 0) is 9.59 Å². The molecule has 0 aliphatic carbocycles. The zero-order valence-corrected chi connectivity index (χ0v) is 10.2. The quantitative estimate of drug-likeness (QED) is 0.441. The van der Waals surface area contributed by atoms with Gasteiger partial charge in [-0.3, -0.25) is 0 Å². The number of carbonyl (C=O) groups excluding carboxylic acids is 2. The Morgan fingerprint density at radius 3 is 1.06 bits per heavy atom. The van der Waals surface area contributed by atoms with Crippen molar-refractivity contribution in [2.45, 2.75) is 0 Å². The monoisotopic (exact) mass is 244 g/mol. The minimum Gasteiger partial charge on any atom is -0.222 e. The predicted molar refractivity (Wildman–Crippen MR) is 73.8 cm³/mol. The Bertz CT molecular complexity index is 389. The van der Waals surface area contributed by atoms with E-state index in [1.165, 1.54) is 0 Å². The molecule has 0 amide bonds. The second kappa shape index (κ2) is 14.2. The highest BCUT2D eigenvalue weighted by atomic mass is 16.1. The molecule has 0 bridgehead atoms. The van der Waals surface area contributed by atoms with Crippen molar-refractivity contribution >= 4 is 12.2 Å². The van der Waals surface area contributed by atoms with Gasteiger partial charge < -0.3 is 0 Å². The van der Waals surface area contributed by atoms with Gasteiger partial charge in [0.25, 0.3) is 0 Å². The molecule has 0 saturated carbocycles. The molecule has 4 nitrogen and oxygen atoms in total. The largest absolute Gasteiger partial charge is 0.231 e. The van der Waals surface area contributed by atoms with Gasteiger partial charge in [0.05, 0.1) is 0 Å². The average molecular weight is 244 g/mol. The Morgan fingerprint density at radius 1 is 0.778 bits per heavy atom. The van der Waals surface area contributed by atoms with Crippen LogP contribution >= 0.6 is 0 Å². The van der Waals surface area contributed by atoms with E-state index in [1.54, 1.807) is 12.2 Å². The molecule has 0 aromatic heterocycles. The van der Waals surface area contributed by atoms with Crippen LogP contribution < -0.4 is 0 Å². The van der Waals surface area contributed by atoms with Crippen LogP contribution in [0.1, 0.15) is 0 Å². The first-order valence-corrected chi connectivity index (χ1v) is 4.47. The Morgan fingerprint density at radius 2 is 0.944 bits per heavy atom. The van der Waals surface area contributed by atoms with Crippen molar-refractivity contribution in [3.05, 3.63) is 73.9 Å². The molecule has 0 atom stereocenters. The number of nitrogens with one attached hydrogen (secondary N) is 2. The molecule has 0 radical (unpaired) electrons. The van der Waals surface area contributed by atoms with Gasteiger partial charge >= 0.3 is 0 Å². The third kappa shape index (κ3) is 11.3. The van der Waals surface area contributed by atoms with Gasteiger partial charge in [-0.05, 0) is 22.3 Å². The summed E-state index contributed by atoms with van der Waals surface area (Å²) in [6.45, 7) is 22.3. The maximum atomic E-state index is 8.35. The Balaban J connectivity index is -0.000000315. The van der Waals surface area contributed by atoms with Crippen molar-refractivity contribution in [2.75, 3.05) is 0 Å². The fourth-order valence-electron chi connectivity index (χ4n) is 0.634. The molecule has 0 aromatic carbocycles. The first-order chi connectivity index (χ1) is 8.37. The zero-order valence-electron chi connectivity index (χ0n) is 10.2. The third-order valence-corrected chi connectivity index (χ3v) is 1.63. The van der Waals surface area contributed by atoms with Crippen molar-refractivity contribution < 1.29 is 9.59 Å². The van der Waals surface area contributed by atoms with Gasteiger partial charge in [0.15, 0.2) is 0 Å². The lowest BCUT2D eigenvalue weighted by atomic mass is 9.97. The number of isocyanates is 2. The van der Waals surface area contributed by atoms with Gasteiger partial charge in [0.1, 0.15) is 0 Å². The van der Waals surface area contributed by atoms with Gasteiger partial charge in [-0.15, -0.1) is 0 Å². The average Bonchev–Trinajstić information content (AvgIpc) is 2.36. The molecule has 0 spiro atoms. The number of hydrogen-bond acceptors (Lipinski definition) is 4. The van der Waals surface area contributed by atoms with Gasteiger partial charge in [-0.2, -0.15) is 0 Å². The van der Waals surface area contributed by atoms with Crippen LogP contribution in [0.5, 0.6) is 0 Å². The SMILES string of the molecule is C=CC(=C)C(=C)C(=C)C(=C)C=C.N=C=O.N=C=O. The molecule has 4 heteroatoms. The highest BCUT2D eigenvalue weighted by molar-refractivity contribution is 5.57. The molecule has 2 N–H and O–H groups in total. The van der Waals surface area contributed by atoms with Crippen LogP contribution in [0.25, 0.3) is 0 Å². The van der Waals surface area contributed by atoms with E-state index in [2.05, 4.69) is 39.5 Å². The summed E-state index contributed by atoms with van der Waals surface area (Å²) >= 11 is 0. The lowest BCUT2D eigenvalue weighted by molar-refractivity contribution is 0.562. The third-order valence-electron chi connectivity index (χ3n) is 1.63. The van der Waals surface area contributed by atoms with Crippen molar-refractivity contribution in [3.63, 3.8) is 0 Å². The molecule has 0 saturated heterocycles. The first-order valence-electron chi connectivity index (χ1n) is 4.47. The summed E-state index contributed by atoms with van der Waals surface area (Å²) in [6, 6.07) is 0. The van der Waals surface area contributed by atoms with E-state index >= 15 is 0 Å². The van der Waals surface area contributed by atoms with E-state index in [4.69, 9.17) is 20.4 Å². The van der Waals surface area contributed by atoms with Crippen molar-refractivity contribution in [2.24, 2.45) is 0 Å². The van der Waals surface area contributed by atoms with E-state index in [9.17, 15) is 0 Å². The van der Waals surface area contributed by atoms with Crippen LogP contribution in [-0.4, -0.2) is 12.2 Å². The fourth-order valence-corrected chi connectivity index (χ4v) is 0.634. The molecule has 0 heterocycles. The van der Waals surface area contributed by atoms with Gasteiger partial charge in [-0.25, -0.2) is 20.4 Å². The standard InChI is InChI=1S/C12H14.2CHNO/c1-7-9(3)11(5)12(6)10(4)8-2;2*2-1-3/h7-8H,1-6H2;2*2H. The fraction of sp³-hybridized carbons (Fsp3) is 0. The molecule has 18 heavy (non-hydrogen) atoms. The van der Waals surface area contributed by atoms with Crippen LogP contribution in [0.4, 0.5) is 0 Å². The number of hydrogen-bond donors (Lipinski definition) is 2. The normalized spacial score (nSPS) is 6.44. The Hall–Kier alpha value is -2.80. The van der Waals surface area contributed by atoms with Gasteiger partial charge in [0.2, 0.25) is 12.2 Å². The molecule has 0 rings (SSSR count). The van der Waals surface area contributed by atoms with E-state index in [1.807, 2.05) is 0 Å². The number of allylic oxidation sites excluding steroid dienone is 6. The van der Waals surface area contributed by atoms with Crippen LogP contribution in [0.15, 0.2) is 73.9 Å². The van der Waals surface area contributed by atoms with E-state index in [0.717, 1.165) is 34.5 Å². The molecule has 0 aliphatic rings. The van der Waals surface area contributed by atoms with Crippen molar-refractivity contribution in [1.29, 1.82) is 10.8 Å². The summed E-state index contributed by atoms with van der Waals surface area (Å²) in [4.78, 5) is 16.7. The van der Waals surface area contributed by atoms with Crippen LogP contribution in [0.3, 0.4) is 0 Å². The van der Waals surface area contributed by atoms with E-state index in [-0.39, 0.29) is 0 Å². The second-order valence-corrected chi connectivity index (χ2v) is 2.62. The molecule has 0 aliphatic heterocycles. The highest BCUT2D eigenvalue weighted by Crippen LogP contribution is 2.21. The molecular weight excluding hydrogens is 228 g/mol. The molecule has 0 aromatic rings. The lowest BCUT2D eigenvalue weighted by Gasteiger charge is -2.08. The minimum absolute atomic E-state index is 0.750. The van der Waals surface area contributed by atoms with Gasteiger partial charge in [0, 0.05) is 0 Å². The van der Waals surface area contributed by atoms with Crippen molar-refractivity contribution in [1.82, 2.24) is 0 Å². The lowest BCUT2D eigenvalue weighted by Crippen LogP contribution is -1.89. The summed E-state index contributed by atoms with van der Waals surface area (Å²) in [6.07, 6.45) is 4.79. The summed E-state index contributed by atoms with van der Waals surface area (Å²) in [5, 5.41) is 10.8. The van der Waals surface area contributed by atoms with E-state index in [0.29, 0.717) is 0 Å². The second-order valence-electron chi connectivity index (χ2n) is 2.62. The maximum Gasteiger partial charge on any atom is 0.231 e. The molecule has 0 unspecified atom stereocenters. The molecule has 0 fully saturated rings. The summed E-state index contributed by atoms with van der Waals surface area (Å²) in [5.41, 5.74) is 3.05. The van der Waals surface area contributed by atoms with Crippen molar-refractivity contribution in [3.8, 4) is 0 Å². The molecular formula is C14H16N2O2. The zero-order chi connectivity index (χ0) is 15.1. The Labute approximate surface area is 107 Å². The minimum atomic E-state index is 0.750. The molecule has 94 valence electrons. The van der Waals surface area contributed by atoms with Gasteiger partial charge in [-0.1, -0.05) is 51.6 Å². The maximum absolute atomic E-state index is 8.35. The van der Waals surface area contributed by atoms with E-state index < -0.39 is 0 Å². The highest BCUT2D eigenvalue weighted by Gasteiger charge is 2.02. The predicted octanol–water partition coefficient (Wildman–Crippen LogP) is 3.39. The Kier molecular flexibility index (Phi) is 16.2. The number of rotatable bonds is 5.